The Morgan fingerprint density at radius 1 is 0.932 bits per heavy atom. The highest BCUT2D eigenvalue weighted by Crippen LogP contribution is 2.40. The van der Waals surface area contributed by atoms with Crippen LogP contribution in [0.4, 0.5) is 46.1 Å². The molecule has 1 unspecified atom stereocenters. The Balaban J connectivity index is 0.926. The normalized spacial score (nSPS) is 20.2. The van der Waals surface area contributed by atoms with E-state index in [9.17, 15) is 37.1 Å². The van der Waals surface area contributed by atoms with Crippen molar-refractivity contribution in [2.24, 2.45) is 0 Å². The molecular weight excluding hydrogens is 776 g/mol. The molecule has 4 N–H and O–H groups in total. The minimum Gasteiger partial charge on any atom is -0.495 e. The second-order valence-corrected chi connectivity index (χ2v) is 14.7. The van der Waals surface area contributed by atoms with E-state index in [1.807, 2.05) is 0 Å². The van der Waals surface area contributed by atoms with Crippen LogP contribution in [0, 0.1) is 5.82 Å². The maximum Gasteiger partial charge on any atom is 0.419 e. The van der Waals surface area contributed by atoms with Crippen molar-refractivity contribution in [1.82, 2.24) is 25.4 Å². The molecular formula is C41H38F4N8O6. The third kappa shape index (κ3) is 7.39. The summed E-state index contributed by atoms with van der Waals surface area (Å²) in [4.78, 5) is 72.4. The summed E-state index contributed by atoms with van der Waals surface area (Å²) in [5, 5.41) is 10.3. The van der Waals surface area contributed by atoms with Crippen LogP contribution >= 0.6 is 0 Å². The number of fused-ring (bicyclic) bond motifs is 3. The fourth-order valence-electron chi connectivity index (χ4n) is 8.36. The average Bonchev–Trinajstić information content (AvgIpc) is 3.88. The number of benzene rings is 3. The first-order valence-corrected chi connectivity index (χ1v) is 18.9. The maximum atomic E-state index is 15.7. The van der Waals surface area contributed by atoms with Gasteiger partial charge < -0.3 is 25.6 Å². The number of amides is 5. The zero-order valence-electron chi connectivity index (χ0n) is 31.8. The van der Waals surface area contributed by atoms with Gasteiger partial charge in [-0.25, -0.2) is 9.37 Å². The summed E-state index contributed by atoms with van der Waals surface area (Å²) in [6, 6.07) is 14.3. The van der Waals surface area contributed by atoms with E-state index in [2.05, 4.69) is 36.1 Å². The van der Waals surface area contributed by atoms with E-state index in [4.69, 9.17) is 4.74 Å². The van der Waals surface area contributed by atoms with Crippen LogP contribution in [0.3, 0.4) is 0 Å². The van der Waals surface area contributed by atoms with Gasteiger partial charge in [0.15, 0.2) is 0 Å². The van der Waals surface area contributed by atoms with Gasteiger partial charge in [0.25, 0.3) is 17.7 Å². The summed E-state index contributed by atoms with van der Waals surface area (Å²) in [6.45, 7) is 1.86. The molecule has 0 aliphatic carbocycles. The second-order valence-electron chi connectivity index (χ2n) is 14.7. The summed E-state index contributed by atoms with van der Waals surface area (Å²) in [7, 11) is 2.81. The molecule has 4 aromatic rings. The fourth-order valence-corrected chi connectivity index (χ4v) is 8.36. The summed E-state index contributed by atoms with van der Waals surface area (Å²) >= 11 is 0. The van der Waals surface area contributed by atoms with Gasteiger partial charge in [0.2, 0.25) is 11.8 Å². The molecule has 8 rings (SSSR count). The molecule has 0 spiro atoms. The zero-order chi connectivity index (χ0) is 41.7. The van der Waals surface area contributed by atoms with Crippen LogP contribution < -0.4 is 30.9 Å². The Morgan fingerprint density at radius 2 is 1.71 bits per heavy atom. The molecule has 3 atom stereocenters. The predicted molar refractivity (Wildman–Crippen MR) is 207 cm³/mol. The Morgan fingerprint density at radius 3 is 2.42 bits per heavy atom. The monoisotopic (exact) mass is 814 g/mol. The van der Waals surface area contributed by atoms with E-state index in [0.29, 0.717) is 37.8 Å². The molecule has 3 fully saturated rings. The topological polar surface area (TPSA) is 165 Å². The van der Waals surface area contributed by atoms with E-state index in [-0.39, 0.29) is 70.2 Å². The first kappa shape index (κ1) is 39.3. The second kappa shape index (κ2) is 15.3. The maximum absolute atomic E-state index is 15.7. The van der Waals surface area contributed by atoms with Crippen LogP contribution in [0.15, 0.2) is 66.9 Å². The van der Waals surface area contributed by atoms with Crippen molar-refractivity contribution in [3.63, 3.8) is 0 Å². The van der Waals surface area contributed by atoms with Gasteiger partial charge in [-0.05, 0) is 61.2 Å². The van der Waals surface area contributed by atoms with Crippen LogP contribution in [-0.4, -0.2) is 96.2 Å². The number of para-hydroxylation sites is 1. The minimum absolute atomic E-state index is 0.0352. The number of nitrogens with one attached hydrogen (secondary N) is 4. The van der Waals surface area contributed by atoms with E-state index >= 15 is 4.39 Å². The lowest BCUT2D eigenvalue weighted by atomic mass is 10.0. The molecule has 5 amide bonds. The first-order valence-electron chi connectivity index (χ1n) is 18.9. The summed E-state index contributed by atoms with van der Waals surface area (Å²) in [6.07, 6.45) is -2.83. The van der Waals surface area contributed by atoms with Gasteiger partial charge in [-0.15, -0.1) is 0 Å². The molecule has 18 heteroatoms. The number of nitrogens with zero attached hydrogens (tertiary/aromatic N) is 4. The number of hydrogen-bond acceptors (Lipinski definition) is 11. The van der Waals surface area contributed by atoms with Gasteiger partial charge in [0.05, 0.1) is 46.4 Å². The Kier molecular flexibility index (Phi) is 10.2. The van der Waals surface area contributed by atoms with Crippen LogP contribution in [0.2, 0.25) is 0 Å². The number of piperidine rings is 1. The van der Waals surface area contributed by atoms with Crippen molar-refractivity contribution in [3.8, 4) is 5.75 Å². The summed E-state index contributed by atoms with van der Waals surface area (Å²) in [5.41, 5.74) is 0.548. The molecule has 59 heavy (non-hydrogen) atoms. The van der Waals surface area contributed by atoms with Crippen molar-refractivity contribution in [1.29, 1.82) is 0 Å². The largest absolute Gasteiger partial charge is 0.495 e. The van der Waals surface area contributed by atoms with E-state index in [1.165, 1.54) is 32.4 Å². The van der Waals surface area contributed by atoms with Gasteiger partial charge in [-0.1, -0.05) is 12.1 Å². The molecule has 3 saturated heterocycles. The zero-order valence-corrected chi connectivity index (χ0v) is 31.8. The van der Waals surface area contributed by atoms with Gasteiger partial charge in [-0.2, -0.15) is 13.2 Å². The minimum atomic E-state index is -4.78. The van der Waals surface area contributed by atoms with E-state index in [1.54, 1.807) is 36.4 Å². The summed E-state index contributed by atoms with van der Waals surface area (Å²) in [5.74, 6) is -3.07. The Bertz CT molecular complexity index is 2410. The molecule has 14 nitrogen and oxygen atoms in total. The molecule has 3 aromatic carbocycles. The SMILES string of the molecule is CNC(=O)c1ccccc1Nc1cc(Nc2cc(F)c(CCN3C[C@@H]4C[C@H]3CN4c3ccc4c(c3)C(=O)N(C3CCC(=O)NC3=O)C4=O)cc2OC)ncc1C(F)(F)F. The number of halogens is 4. The number of pyridine rings is 1. The average molecular weight is 815 g/mol. The molecule has 4 aliphatic heterocycles. The highest BCUT2D eigenvalue weighted by molar-refractivity contribution is 6.23. The lowest BCUT2D eigenvalue weighted by molar-refractivity contribution is -0.137. The number of piperazine rings is 1. The van der Waals surface area contributed by atoms with Crippen molar-refractivity contribution in [3.05, 3.63) is 100 Å². The van der Waals surface area contributed by atoms with Gasteiger partial charge in [0, 0.05) is 69.2 Å². The molecule has 0 radical (unpaired) electrons. The highest BCUT2D eigenvalue weighted by Gasteiger charge is 2.47. The number of imide groups is 2. The molecule has 2 bridgehead atoms. The number of rotatable bonds is 11. The first-order chi connectivity index (χ1) is 28.2. The van der Waals surface area contributed by atoms with Crippen LogP contribution in [0.5, 0.6) is 5.75 Å². The number of anilines is 5. The fraction of sp³-hybridized carbons (Fsp3) is 0.317. The van der Waals surface area contributed by atoms with Crippen molar-refractivity contribution in [2.75, 3.05) is 49.3 Å². The number of carbonyl (C=O) groups is 5. The van der Waals surface area contributed by atoms with Crippen LogP contribution in [-0.2, 0) is 22.2 Å². The molecule has 4 aliphatic rings. The number of likely N-dealkylation sites (tertiary alicyclic amines) is 1. The van der Waals surface area contributed by atoms with E-state index in [0.717, 1.165) is 23.1 Å². The Labute approximate surface area is 334 Å². The highest BCUT2D eigenvalue weighted by atomic mass is 19.4. The van der Waals surface area contributed by atoms with E-state index < -0.39 is 53.1 Å². The summed E-state index contributed by atoms with van der Waals surface area (Å²) < 4.78 is 63.3. The van der Waals surface area contributed by atoms with Crippen LogP contribution in [0.25, 0.3) is 0 Å². The number of hydrogen-bond donors (Lipinski definition) is 4. The van der Waals surface area contributed by atoms with Crippen molar-refractivity contribution in [2.45, 2.75) is 50.0 Å². The van der Waals surface area contributed by atoms with Crippen molar-refractivity contribution < 1.29 is 46.3 Å². The molecule has 0 saturated carbocycles. The molecule has 306 valence electrons. The quantitative estimate of drug-likeness (QED) is 0.119. The third-order valence-electron chi connectivity index (χ3n) is 11.3. The third-order valence-corrected chi connectivity index (χ3v) is 11.3. The molecule has 1 aromatic heterocycles. The standard InChI is InChI=1S/C41H38F4N8O6/c1-46-37(55)26-5-3-4-6-30(26)48-31-17-35(47-18-28(31)41(43,44)45)49-32-16-29(42)21(13-34(32)59-2)11-12-51-19-24-14-23(51)20-52(24)22-7-8-25-27(15-22)40(58)53(39(25)57)33-9-10-36(54)50-38(33)56/h3-8,13,15-18,23-24,33H,9-12,14,19-20H2,1-2H3,(H,46,55)(H2,47,48,49)(H,50,54,56)/t23-,24-,33?/m0/s1. The number of aromatic nitrogens is 1. The smallest absolute Gasteiger partial charge is 0.419 e. The van der Waals surface area contributed by atoms with Crippen molar-refractivity contribution >= 4 is 58.1 Å². The number of methoxy groups -OCH3 is 1. The van der Waals surface area contributed by atoms with Gasteiger partial charge in [-0.3, -0.25) is 39.1 Å². The predicted octanol–water partition coefficient (Wildman–Crippen LogP) is 5.00. The number of carbonyl (C=O) groups excluding carboxylic acids is 5. The lowest BCUT2D eigenvalue weighted by Crippen LogP contribution is -2.54. The number of ether oxygens (including phenoxy) is 1. The Hall–Kier alpha value is -6.56. The lowest BCUT2D eigenvalue weighted by Gasteiger charge is -2.35. The van der Waals surface area contributed by atoms with Gasteiger partial charge in [0.1, 0.15) is 23.4 Å². The number of alkyl halides is 3. The van der Waals surface area contributed by atoms with Crippen LogP contribution in [0.1, 0.15) is 61.5 Å². The van der Waals surface area contributed by atoms with Gasteiger partial charge >= 0.3 is 6.18 Å². The molecule has 5 heterocycles.